The lowest BCUT2D eigenvalue weighted by Crippen LogP contribution is -2.32. The van der Waals surface area contributed by atoms with Crippen molar-refractivity contribution in [2.24, 2.45) is 4.99 Å². The molecule has 1 amide bonds. The molecule has 0 radical (unpaired) electrons. The van der Waals surface area contributed by atoms with Crippen LogP contribution in [-0.4, -0.2) is 11.7 Å². The maximum absolute atomic E-state index is 13.2. The summed E-state index contributed by atoms with van der Waals surface area (Å²) in [5.74, 6) is 0.490. The van der Waals surface area contributed by atoms with Crippen LogP contribution >= 0.6 is 15.9 Å². The minimum atomic E-state index is -0.132. The van der Waals surface area contributed by atoms with Crippen LogP contribution in [0.3, 0.4) is 0 Å². The molecule has 3 aromatic rings. The first-order valence-electron chi connectivity index (χ1n) is 8.65. The summed E-state index contributed by atoms with van der Waals surface area (Å²) in [6, 6.07) is 25.4. The van der Waals surface area contributed by atoms with Crippen LogP contribution in [0.1, 0.15) is 16.7 Å². The number of aliphatic imine (C=N–C) groups is 1. The monoisotopic (exact) mass is 416 g/mol. The maximum Gasteiger partial charge on any atom is 0.282 e. The van der Waals surface area contributed by atoms with E-state index in [-0.39, 0.29) is 5.91 Å². The van der Waals surface area contributed by atoms with Gasteiger partial charge in [0.1, 0.15) is 11.5 Å². The molecule has 27 heavy (non-hydrogen) atoms. The highest BCUT2D eigenvalue weighted by Gasteiger charge is 2.33. The number of aryl methyl sites for hydroxylation is 1. The van der Waals surface area contributed by atoms with Gasteiger partial charge in [-0.15, -0.1) is 0 Å². The molecule has 0 atom stereocenters. The van der Waals surface area contributed by atoms with Gasteiger partial charge in [0.2, 0.25) is 0 Å². The normalized spacial score (nSPS) is 15.3. The standard InChI is InChI=1S/C23H17BrN2O/c1-16-11-13-17(14-12-16)15-21-23(27)26(18-7-3-2-4-8-18)22(25-21)19-9-5-6-10-20(19)24/h2-15H,1H3/b21-15+. The van der Waals surface area contributed by atoms with E-state index in [4.69, 9.17) is 4.99 Å². The molecular formula is C23H17BrN2O. The first kappa shape index (κ1) is 17.4. The second kappa shape index (κ2) is 7.33. The molecule has 0 fully saturated rings. The van der Waals surface area contributed by atoms with Crippen molar-refractivity contribution >= 4 is 39.4 Å². The fourth-order valence-corrected chi connectivity index (χ4v) is 3.44. The number of hydrogen-bond acceptors (Lipinski definition) is 2. The molecule has 0 N–H and O–H groups in total. The molecule has 132 valence electrons. The fraction of sp³-hybridized carbons (Fsp3) is 0.0435. The molecule has 1 heterocycles. The number of anilines is 1. The molecule has 3 nitrogen and oxygen atoms in total. The molecule has 0 aliphatic carbocycles. The molecule has 4 heteroatoms. The molecule has 4 rings (SSSR count). The van der Waals surface area contributed by atoms with E-state index >= 15 is 0 Å². The minimum Gasteiger partial charge on any atom is -0.266 e. The molecule has 0 saturated heterocycles. The molecule has 0 spiro atoms. The van der Waals surface area contributed by atoms with E-state index in [1.165, 1.54) is 5.56 Å². The van der Waals surface area contributed by atoms with Gasteiger partial charge >= 0.3 is 0 Å². The van der Waals surface area contributed by atoms with E-state index in [1.54, 1.807) is 4.90 Å². The summed E-state index contributed by atoms with van der Waals surface area (Å²) in [5, 5.41) is 0. The lowest BCUT2D eigenvalue weighted by atomic mass is 10.1. The molecule has 0 unspecified atom stereocenters. The zero-order chi connectivity index (χ0) is 18.8. The third-order valence-electron chi connectivity index (χ3n) is 4.37. The van der Waals surface area contributed by atoms with Crippen molar-refractivity contribution in [2.75, 3.05) is 4.90 Å². The number of hydrogen-bond donors (Lipinski definition) is 0. The zero-order valence-electron chi connectivity index (χ0n) is 14.8. The Labute approximate surface area is 166 Å². The third kappa shape index (κ3) is 3.49. The van der Waals surface area contributed by atoms with Crippen molar-refractivity contribution in [3.05, 3.63) is 106 Å². The van der Waals surface area contributed by atoms with E-state index in [0.29, 0.717) is 11.5 Å². The first-order valence-corrected chi connectivity index (χ1v) is 9.44. The van der Waals surface area contributed by atoms with Crippen LogP contribution < -0.4 is 4.90 Å². The lowest BCUT2D eigenvalue weighted by molar-refractivity contribution is -0.113. The number of nitrogens with zero attached hydrogens (tertiary/aromatic N) is 2. The van der Waals surface area contributed by atoms with Crippen molar-refractivity contribution in [2.45, 2.75) is 6.92 Å². The SMILES string of the molecule is Cc1ccc(/C=C2/N=C(c3ccccc3Br)N(c3ccccc3)C2=O)cc1. The first-order chi connectivity index (χ1) is 13.1. The Morgan fingerprint density at radius 2 is 1.56 bits per heavy atom. The summed E-state index contributed by atoms with van der Waals surface area (Å²) in [5.41, 5.74) is 4.23. The van der Waals surface area contributed by atoms with Crippen LogP contribution in [0, 0.1) is 6.92 Å². The van der Waals surface area contributed by atoms with Crippen molar-refractivity contribution in [3.8, 4) is 0 Å². The quantitative estimate of drug-likeness (QED) is 0.512. The summed E-state index contributed by atoms with van der Waals surface area (Å²) in [4.78, 5) is 19.6. The Bertz CT molecular complexity index is 1050. The number of amidine groups is 1. The van der Waals surface area contributed by atoms with Gasteiger partial charge in [0, 0.05) is 10.0 Å². The van der Waals surface area contributed by atoms with Crippen molar-refractivity contribution in [1.29, 1.82) is 0 Å². The largest absolute Gasteiger partial charge is 0.282 e. The van der Waals surface area contributed by atoms with Crippen molar-refractivity contribution in [1.82, 2.24) is 0 Å². The highest BCUT2D eigenvalue weighted by atomic mass is 79.9. The summed E-state index contributed by atoms with van der Waals surface area (Å²) < 4.78 is 0.897. The van der Waals surface area contributed by atoms with Gasteiger partial charge in [-0.1, -0.05) is 82.2 Å². The third-order valence-corrected chi connectivity index (χ3v) is 5.06. The van der Waals surface area contributed by atoms with Crippen LogP contribution in [0.5, 0.6) is 0 Å². The van der Waals surface area contributed by atoms with E-state index in [1.807, 2.05) is 91.9 Å². The Morgan fingerprint density at radius 1 is 0.889 bits per heavy atom. The van der Waals surface area contributed by atoms with Crippen LogP contribution in [0.2, 0.25) is 0 Å². The van der Waals surface area contributed by atoms with Gasteiger partial charge in [-0.2, -0.15) is 0 Å². The van der Waals surface area contributed by atoms with Gasteiger partial charge in [-0.25, -0.2) is 4.99 Å². The van der Waals surface area contributed by atoms with E-state index in [9.17, 15) is 4.79 Å². The average Bonchev–Trinajstić information content (AvgIpc) is 3.01. The van der Waals surface area contributed by atoms with E-state index < -0.39 is 0 Å². The van der Waals surface area contributed by atoms with Gasteiger partial charge in [0.05, 0.1) is 5.69 Å². The number of rotatable bonds is 3. The fourth-order valence-electron chi connectivity index (χ4n) is 2.98. The maximum atomic E-state index is 13.2. The van der Waals surface area contributed by atoms with Crippen LogP contribution in [0.4, 0.5) is 5.69 Å². The average molecular weight is 417 g/mol. The smallest absolute Gasteiger partial charge is 0.266 e. The number of carbonyl (C=O) groups excluding carboxylic acids is 1. The molecule has 0 saturated carbocycles. The number of carbonyl (C=O) groups is 1. The predicted octanol–water partition coefficient (Wildman–Crippen LogP) is 5.59. The molecule has 0 aromatic heterocycles. The molecular weight excluding hydrogens is 400 g/mol. The van der Waals surface area contributed by atoms with Crippen molar-refractivity contribution in [3.63, 3.8) is 0 Å². The van der Waals surface area contributed by atoms with Crippen LogP contribution in [-0.2, 0) is 4.79 Å². The highest BCUT2D eigenvalue weighted by molar-refractivity contribution is 9.10. The molecule has 0 bridgehead atoms. The highest BCUT2D eigenvalue weighted by Crippen LogP contribution is 2.30. The van der Waals surface area contributed by atoms with Gasteiger partial charge < -0.3 is 0 Å². The van der Waals surface area contributed by atoms with E-state index in [0.717, 1.165) is 21.3 Å². The minimum absolute atomic E-state index is 0.132. The molecule has 1 aliphatic heterocycles. The summed E-state index contributed by atoms with van der Waals surface area (Å²) in [6.45, 7) is 2.04. The molecule has 1 aliphatic rings. The summed E-state index contributed by atoms with van der Waals surface area (Å²) in [7, 11) is 0. The molecule has 3 aromatic carbocycles. The Morgan fingerprint density at radius 3 is 2.26 bits per heavy atom. The number of halogens is 1. The second-order valence-electron chi connectivity index (χ2n) is 6.33. The van der Waals surface area contributed by atoms with Gasteiger partial charge in [-0.3, -0.25) is 9.69 Å². The second-order valence-corrected chi connectivity index (χ2v) is 7.19. The van der Waals surface area contributed by atoms with Gasteiger partial charge in [-0.05, 0) is 36.8 Å². The predicted molar refractivity (Wildman–Crippen MR) is 114 cm³/mol. The Hall–Kier alpha value is -2.98. The number of benzene rings is 3. The topological polar surface area (TPSA) is 32.7 Å². The van der Waals surface area contributed by atoms with Gasteiger partial charge in [0.25, 0.3) is 5.91 Å². The summed E-state index contributed by atoms with van der Waals surface area (Å²) in [6.07, 6.45) is 1.83. The Balaban J connectivity index is 1.84. The number of para-hydroxylation sites is 1. The zero-order valence-corrected chi connectivity index (χ0v) is 16.3. The Kier molecular flexibility index (Phi) is 4.73. The number of amides is 1. The van der Waals surface area contributed by atoms with Crippen molar-refractivity contribution < 1.29 is 4.79 Å². The van der Waals surface area contributed by atoms with Crippen LogP contribution in [0.15, 0.2) is 94.0 Å². The summed E-state index contributed by atoms with van der Waals surface area (Å²) >= 11 is 3.58. The van der Waals surface area contributed by atoms with E-state index in [2.05, 4.69) is 15.9 Å². The lowest BCUT2D eigenvalue weighted by Gasteiger charge is -2.19. The van der Waals surface area contributed by atoms with Gasteiger partial charge in [0.15, 0.2) is 0 Å². The van der Waals surface area contributed by atoms with Crippen LogP contribution in [0.25, 0.3) is 6.08 Å².